The summed E-state index contributed by atoms with van der Waals surface area (Å²) in [4.78, 5) is 24.0. The summed E-state index contributed by atoms with van der Waals surface area (Å²) in [5.41, 5.74) is 3.41. The summed E-state index contributed by atoms with van der Waals surface area (Å²) < 4.78 is 10.9. The number of rotatable bonds is 8. The van der Waals surface area contributed by atoms with Crippen molar-refractivity contribution in [1.82, 2.24) is 5.32 Å². The third-order valence-corrected chi connectivity index (χ3v) is 4.36. The Morgan fingerprint density at radius 2 is 1.70 bits per heavy atom. The Kier molecular flexibility index (Phi) is 7.10. The van der Waals surface area contributed by atoms with Crippen LogP contribution in [0.25, 0.3) is 0 Å². The number of hydrogen-bond donors (Lipinski definition) is 3. The van der Waals surface area contributed by atoms with Crippen molar-refractivity contribution >= 4 is 23.3 Å². The SMILES string of the molecule is Cc1ccc(C)c(OCCC(=O)Nc2ccc(NC(=O)NCc3ccco3)cc2)c1. The molecule has 0 saturated carbocycles. The fraction of sp³-hybridized carbons (Fsp3) is 0.217. The van der Waals surface area contributed by atoms with E-state index in [9.17, 15) is 9.59 Å². The number of furan rings is 1. The molecule has 0 spiro atoms. The first-order chi connectivity index (χ1) is 14.5. The van der Waals surface area contributed by atoms with Crippen molar-refractivity contribution in [2.24, 2.45) is 0 Å². The summed E-state index contributed by atoms with van der Waals surface area (Å²) in [5.74, 6) is 1.32. The van der Waals surface area contributed by atoms with E-state index in [0.29, 0.717) is 30.3 Å². The molecule has 0 fully saturated rings. The Hall–Kier alpha value is -3.74. The summed E-state index contributed by atoms with van der Waals surface area (Å²) in [6.07, 6.45) is 1.79. The summed E-state index contributed by atoms with van der Waals surface area (Å²) in [5, 5.41) is 8.24. The van der Waals surface area contributed by atoms with Crippen LogP contribution >= 0.6 is 0 Å². The minimum atomic E-state index is -0.341. The van der Waals surface area contributed by atoms with Gasteiger partial charge in [0.15, 0.2) is 0 Å². The number of hydrogen-bond acceptors (Lipinski definition) is 4. The maximum atomic E-state index is 12.1. The number of carbonyl (C=O) groups excluding carboxylic acids is 2. The number of aryl methyl sites for hydroxylation is 2. The van der Waals surface area contributed by atoms with E-state index >= 15 is 0 Å². The smallest absolute Gasteiger partial charge is 0.319 e. The van der Waals surface area contributed by atoms with Gasteiger partial charge in [-0.2, -0.15) is 0 Å². The molecule has 0 atom stereocenters. The van der Waals surface area contributed by atoms with Crippen LogP contribution < -0.4 is 20.7 Å². The highest BCUT2D eigenvalue weighted by Crippen LogP contribution is 2.19. The van der Waals surface area contributed by atoms with Gasteiger partial charge < -0.3 is 25.1 Å². The van der Waals surface area contributed by atoms with E-state index in [1.165, 1.54) is 0 Å². The van der Waals surface area contributed by atoms with Gasteiger partial charge >= 0.3 is 6.03 Å². The number of urea groups is 1. The maximum absolute atomic E-state index is 12.1. The monoisotopic (exact) mass is 407 g/mol. The summed E-state index contributed by atoms with van der Waals surface area (Å²) in [6, 6.07) is 16.1. The molecule has 3 rings (SSSR count). The van der Waals surface area contributed by atoms with Crippen LogP contribution in [0.4, 0.5) is 16.2 Å². The van der Waals surface area contributed by atoms with Crippen molar-refractivity contribution in [3.63, 3.8) is 0 Å². The van der Waals surface area contributed by atoms with Gasteiger partial charge in [0.1, 0.15) is 11.5 Å². The molecular formula is C23H25N3O4. The van der Waals surface area contributed by atoms with E-state index in [4.69, 9.17) is 9.15 Å². The first-order valence-electron chi connectivity index (χ1n) is 9.67. The number of amides is 3. The molecule has 0 radical (unpaired) electrons. The van der Waals surface area contributed by atoms with Gasteiger partial charge in [-0.25, -0.2) is 4.79 Å². The Morgan fingerprint density at radius 1 is 0.967 bits per heavy atom. The third kappa shape index (κ3) is 6.41. The van der Waals surface area contributed by atoms with E-state index in [2.05, 4.69) is 16.0 Å². The van der Waals surface area contributed by atoms with Crippen molar-refractivity contribution in [3.8, 4) is 5.75 Å². The van der Waals surface area contributed by atoms with Gasteiger partial charge in [-0.1, -0.05) is 12.1 Å². The van der Waals surface area contributed by atoms with E-state index in [1.54, 1.807) is 42.7 Å². The van der Waals surface area contributed by atoms with Crippen LogP contribution in [-0.2, 0) is 11.3 Å². The quantitative estimate of drug-likeness (QED) is 0.508. The van der Waals surface area contributed by atoms with Gasteiger partial charge in [0.2, 0.25) is 5.91 Å². The van der Waals surface area contributed by atoms with Crippen LogP contribution in [0.2, 0.25) is 0 Å². The highest BCUT2D eigenvalue weighted by atomic mass is 16.5. The lowest BCUT2D eigenvalue weighted by molar-refractivity contribution is -0.116. The lowest BCUT2D eigenvalue weighted by Crippen LogP contribution is -2.27. The van der Waals surface area contributed by atoms with Crippen LogP contribution in [-0.4, -0.2) is 18.5 Å². The van der Waals surface area contributed by atoms with Crippen molar-refractivity contribution in [3.05, 3.63) is 77.7 Å². The number of anilines is 2. The molecule has 7 heteroatoms. The van der Waals surface area contributed by atoms with Gasteiger partial charge in [-0.15, -0.1) is 0 Å². The standard InChI is InChI=1S/C23H25N3O4/c1-16-5-6-17(2)21(14-16)30-13-11-22(27)25-18-7-9-19(10-8-18)26-23(28)24-15-20-4-3-12-29-20/h3-10,12,14H,11,13,15H2,1-2H3,(H,25,27)(H2,24,26,28). The van der Waals surface area contributed by atoms with Crippen molar-refractivity contribution in [2.75, 3.05) is 17.2 Å². The van der Waals surface area contributed by atoms with Gasteiger partial charge in [-0.05, 0) is 67.4 Å². The van der Waals surface area contributed by atoms with Crippen molar-refractivity contribution in [2.45, 2.75) is 26.8 Å². The van der Waals surface area contributed by atoms with Crippen molar-refractivity contribution in [1.29, 1.82) is 0 Å². The van der Waals surface area contributed by atoms with Crippen LogP contribution in [0.5, 0.6) is 5.75 Å². The zero-order chi connectivity index (χ0) is 21.3. The van der Waals surface area contributed by atoms with Crippen LogP contribution in [0, 0.1) is 13.8 Å². The predicted octanol–water partition coefficient (Wildman–Crippen LogP) is 4.63. The maximum Gasteiger partial charge on any atom is 0.319 e. The molecule has 3 aromatic rings. The largest absolute Gasteiger partial charge is 0.493 e. The summed E-state index contributed by atoms with van der Waals surface area (Å²) >= 11 is 0. The van der Waals surface area contributed by atoms with Gasteiger partial charge in [0.05, 0.1) is 25.8 Å². The Bertz CT molecular complexity index is 982. The van der Waals surface area contributed by atoms with Gasteiger partial charge in [0.25, 0.3) is 0 Å². The molecule has 3 N–H and O–H groups in total. The second kappa shape index (κ2) is 10.2. The molecule has 1 heterocycles. The second-order valence-electron chi connectivity index (χ2n) is 6.88. The lowest BCUT2D eigenvalue weighted by atomic mass is 10.1. The molecular weight excluding hydrogens is 382 g/mol. The molecule has 30 heavy (non-hydrogen) atoms. The molecule has 0 aliphatic heterocycles. The molecule has 0 saturated heterocycles. The third-order valence-electron chi connectivity index (χ3n) is 4.36. The van der Waals surface area contributed by atoms with Crippen LogP contribution in [0.1, 0.15) is 23.3 Å². The highest BCUT2D eigenvalue weighted by molar-refractivity contribution is 5.92. The topological polar surface area (TPSA) is 92.6 Å². The normalized spacial score (nSPS) is 10.3. The first-order valence-corrected chi connectivity index (χ1v) is 9.67. The van der Waals surface area contributed by atoms with Crippen LogP contribution in [0.3, 0.4) is 0 Å². The molecule has 7 nitrogen and oxygen atoms in total. The summed E-state index contributed by atoms with van der Waals surface area (Å²) in [7, 11) is 0. The number of ether oxygens (including phenoxy) is 1. The summed E-state index contributed by atoms with van der Waals surface area (Å²) in [6.45, 7) is 4.57. The first kappa shape index (κ1) is 21.0. The molecule has 0 aliphatic rings. The van der Waals surface area contributed by atoms with Gasteiger partial charge in [-0.3, -0.25) is 4.79 Å². The molecule has 0 bridgehead atoms. The molecule has 0 unspecified atom stereocenters. The Morgan fingerprint density at radius 3 is 2.40 bits per heavy atom. The lowest BCUT2D eigenvalue weighted by Gasteiger charge is -2.11. The van der Waals surface area contributed by atoms with Crippen molar-refractivity contribution < 1.29 is 18.7 Å². The van der Waals surface area contributed by atoms with Gasteiger partial charge in [0, 0.05) is 11.4 Å². The number of benzene rings is 2. The Labute approximate surface area is 175 Å². The fourth-order valence-corrected chi connectivity index (χ4v) is 2.73. The van der Waals surface area contributed by atoms with E-state index < -0.39 is 0 Å². The number of nitrogens with one attached hydrogen (secondary N) is 3. The molecule has 156 valence electrons. The van der Waals surface area contributed by atoms with E-state index in [0.717, 1.165) is 16.9 Å². The average Bonchev–Trinajstić information content (AvgIpc) is 3.24. The zero-order valence-electron chi connectivity index (χ0n) is 17.0. The molecule has 0 aliphatic carbocycles. The zero-order valence-corrected chi connectivity index (χ0v) is 17.0. The second-order valence-corrected chi connectivity index (χ2v) is 6.88. The molecule has 2 aromatic carbocycles. The molecule has 1 aromatic heterocycles. The van der Waals surface area contributed by atoms with E-state index in [-0.39, 0.29) is 18.4 Å². The minimum Gasteiger partial charge on any atom is -0.493 e. The average molecular weight is 407 g/mol. The Balaban J connectivity index is 1.40. The highest BCUT2D eigenvalue weighted by Gasteiger charge is 2.06. The molecule has 3 amide bonds. The fourth-order valence-electron chi connectivity index (χ4n) is 2.73. The number of carbonyl (C=O) groups is 2. The minimum absolute atomic E-state index is 0.141. The van der Waals surface area contributed by atoms with Crippen LogP contribution in [0.15, 0.2) is 65.3 Å². The predicted molar refractivity (Wildman–Crippen MR) is 116 cm³/mol. The van der Waals surface area contributed by atoms with E-state index in [1.807, 2.05) is 32.0 Å².